The van der Waals surface area contributed by atoms with E-state index in [1.54, 1.807) is 4.90 Å². The maximum absolute atomic E-state index is 12.0. The van der Waals surface area contributed by atoms with E-state index in [2.05, 4.69) is 10.6 Å². The summed E-state index contributed by atoms with van der Waals surface area (Å²) in [5.41, 5.74) is 6.24. The summed E-state index contributed by atoms with van der Waals surface area (Å²) in [4.78, 5) is 38.8. The predicted molar refractivity (Wildman–Crippen MR) is 93.4 cm³/mol. The van der Waals surface area contributed by atoms with Crippen molar-refractivity contribution in [2.75, 3.05) is 45.8 Å². The Morgan fingerprint density at radius 1 is 0.960 bits per heavy atom. The second-order valence-electron chi connectivity index (χ2n) is 5.90. The second-order valence-corrected chi connectivity index (χ2v) is 5.90. The Morgan fingerprint density at radius 3 is 2.28 bits per heavy atom. The smallest absolute Gasteiger partial charge is 0.242 e. The lowest BCUT2D eigenvalue weighted by Gasteiger charge is -2.34. The molecule has 0 spiro atoms. The van der Waals surface area contributed by atoms with E-state index in [1.165, 1.54) is 0 Å². The number of hydrogen-bond acceptors (Lipinski definition) is 5. The maximum Gasteiger partial charge on any atom is 0.242 e. The number of benzene rings is 1. The van der Waals surface area contributed by atoms with Gasteiger partial charge in [-0.3, -0.25) is 19.3 Å². The molecule has 1 aliphatic rings. The highest BCUT2D eigenvalue weighted by atomic mass is 16.2. The van der Waals surface area contributed by atoms with Crippen molar-refractivity contribution in [3.63, 3.8) is 0 Å². The first kappa shape index (κ1) is 18.9. The summed E-state index contributed by atoms with van der Waals surface area (Å²) in [5, 5.41) is 5.37. The molecule has 8 heteroatoms. The first-order valence-electron chi connectivity index (χ1n) is 8.36. The molecule has 1 heterocycles. The number of amides is 3. The van der Waals surface area contributed by atoms with E-state index in [0.717, 1.165) is 5.56 Å². The van der Waals surface area contributed by atoms with Crippen LogP contribution in [-0.4, -0.2) is 73.3 Å². The summed E-state index contributed by atoms with van der Waals surface area (Å²) in [7, 11) is 0. The monoisotopic (exact) mass is 347 g/mol. The fraction of sp³-hybridized carbons (Fsp3) is 0.471. The van der Waals surface area contributed by atoms with Gasteiger partial charge in [-0.15, -0.1) is 0 Å². The van der Waals surface area contributed by atoms with Crippen LogP contribution in [0.5, 0.6) is 0 Å². The van der Waals surface area contributed by atoms with Crippen LogP contribution < -0.4 is 16.4 Å². The zero-order chi connectivity index (χ0) is 18.1. The van der Waals surface area contributed by atoms with Crippen molar-refractivity contribution in [2.24, 2.45) is 5.73 Å². The molecule has 2 rings (SSSR count). The Labute approximate surface area is 147 Å². The average molecular weight is 347 g/mol. The predicted octanol–water partition coefficient (Wildman–Crippen LogP) is -1.48. The van der Waals surface area contributed by atoms with Gasteiger partial charge in [0.25, 0.3) is 0 Å². The van der Waals surface area contributed by atoms with Crippen LogP contribution in [0.15, 0.2) is 30.3 Å². The lowest BCUT2D eigenvalue weighted by molar-refractivity contribution is -0.134. The number of nitrogens with zero attached hydrogens (tertiary/aromatic N) is 2. The van der Waals surface area contributed by atoms with Crippen molar-refractivity contribution in [1.29, 1.82) is 0 Å². The normalized spacial score (nSPS) is 14.8. The lowest BCUT2D eigenvalue weighted by atomic mass is 10.2. The van der Waals surface area contributed by atoms with Gasteiger partial charge >= 0.3 is 0 Å². The van der Waals surface area contributed by atoms with Crippen molar-refractivity contribution >= 4 is 17.7 Å². The summed E-state index contributed by atoms with van der Waals surface area (Å²) in [6, 6.07) is 9.75. The number of nitrogens with one attached hydrogen (secondary N) is 2. The van der Waals surface area contributed by atoms with Crippen LogP contribution in [0.4, 0.5) is 0 Å². The SMILES string of the molecule is NCC(=O)NCC(=O)N1CCN(CC(=O)NCc2ccccc2)CC1. The van der Waals surface area contributed by atoms with E-state index in [-0.39, 0.29) is 30.8 Å². The molecule has 1 saturated heterocycles. The number of carbonyl (C=O) groups excluding carboxylic acids is 3. The number of carbonyl (C=O) groups is 3. The summed E-state index contributed by atoms with van der Waals surface area (Å²) < 4.78 is 0. The van der Waals surface area contributed by atoms with Crippen LogP contribution in [0.1, 0.15) is 5.56 Å². The molecule has 1 aromatic rings. The quantitative estimate of drug-likeness (QED) is 0.558. The molecule has 0 aliphatic carbocycles. The molecule has 0 bridgehead atoms. The van der Waals surface area contributed by atoms with E-state index in [0.29, 0.717) is 39.3 Å². The molecule has 8 nitrogen and oxygen atoms in total. The van der Waals surface area contributed by atoms with E-state index in [1.807, 2.05) is 35.2 Å². The van der Waals surface area contributed by atoms with Gasteiger partial charge in [-0.1, -0.05) is 30.3 Å². The van der Waals surface area contributed by atoms with Crippen molar-refractivity contribution in [1.82, 2.24) is 20.4 Å². The number of nitrogens with two attached hydrogens (primary N) is 1. The minimum atomic E-state index is -0.345. The van der Waals surface area contributed by atoms with E-state index in [4.69, 9.17) is 5.73 Å². The molecule has 0 aromatic heterocycles. The van der Waals surface area contributed by atoms with E-state index >= 15 is 0 Å². The van der Waals surface area contributed by atoms with Crippen LogP contribution in [0.2, 0.25) is 0 Å². The lowest BCUT2D eigenvalue weighted by Crippen LogP contribution is -2.53. The van der Waals surface area contributed by atoms with Crippen molar-refractivity contribution in [2.45, 2.75) is 6.54 Å². The van der Waals surface area contributed by atoms with Crippen LogP contribution in [0, 0.1) is 0 Å². The average Bonchev–Trinajstić information content (AvgIpc) is 2.65. The molecular weight excluding hydrogens is 322 g/mol. The van der Waals surface area contributed by atoms with Crippen LogP contribution in [0.25, 0.3) is 0 Å². The second kappa shape index (κ2) is 9.75. The molecule has 4 N–H and O–H groups in total. The summed E-state index contributed by atoms with van der Waals surface area (Å²) >= 11 is 0. The van der Waals surface area contributed by atoms with Crippen molar-refractivity contribution in [3.8, 4) is 0 Å². The Kier molecular flexibility index (Phi) is 7.36. The molecule has 0 unspecified atom stereocenters. The van der Waals surface area contributed by atoms with Gasteiger partial charge < -0.3 is 21.3 Å². The standard InChI is InChI=1S/C17H25N5O3/c18-10-15(23)20-12-17(25)22-8-6-21(7-9-22)13-16(24)19-11-14-4-2-1-3-5-14/h1-5H,6-13,18H2,(H,19,24)(H,20,23). The Hall–Kier alpha value is -2.45. The molecule has 3 amide bonds. The van der Waals surface area contributed by atoms with Gasteiger partial charge in [-0.05, 0) is 5.56 Å². The molecule has 1 aromatic carbocycles. The van der Waals surface area contributed by atoms with E-state index in [9.17, 15) is 14.4 Å². The fourth-order valence-electron chi connectivity index (χ4n) is 2.57. The van der Waals surface area contributed by atoms with Crippen LogP contribution in [0.3, 0.4) is 0 Å². The summed E-state index contributed by atoms with van der Waals surface area (Å²) in [5.74, 6) is -0.504. The molecule has 136 valence electrons. The first-order valence-corrected chi connectivity index (χ1v) is 8.36. The highest BCUT2D eigenvalue weighted by molar-refractivity contribution is 5.85. The van der Waals surface area contributed by atoms with Crippen molar-refractivity contribution in [3.05, 3.63) is 35.9 Å². The molecule has 0 atom stereocenters. The molecule has 1 fully saturated rings. The summed E-state index contributed by atoms with van der Waals surface area (Å²) in [6.45, 7) is 3.03. The number of rotatable bonds is 7. The van der Waals surface area contributed by atoms with Gasteiger partial charge in [0, 0.05) is 32.7 Å². The topological polar surface area (TPSA) is 108 Å². The minimum absolute atomic E-state index is 0.0289. The highest BCUT2D eigenvalue weighted by Gasteiger charge is 2.22. The van der Waals surface area contributed by atoms with Crippen molar-refractivity contribution < 1.29 is 14.4 Å². The minimum Gasteiger partial charge on any atom is -0.351 e. The van der Waals surface area contributed by atoms with E-state index < -0.39 is 0 Å². The molecule has 1 aliphatic heterocycles. The highest BCUT2D eigenvalue weighted by Crippen LogP contribution is 2.02. The molecule has 25 heavy (non-hydrogen) atoms. The van der Waals surface area contributed by atoms with Gasteiger partial charge in [0.05, 0.1) is 19.6 Å². The maximum atomic E-state index is 12.0. The third-order valence-electron chi connectivity index (χ3n) is 4.05. The van der Waals surface area contributed by atoms with Gasteiger partial charge in [-0.2, -0.15) is 0 Å². The van der Waals surface area contributed by atoms with Gasteiger partial charge in [0.2, 0.25) is 17.7 Å². The number of piperazine rings is 1. The Balaban J connectivity index is 1.65. The van der Waals surface area contributed by atoms with Crippen LogP contribution >= 0.6 is 0 Å². The summed E-state index contributed by atoms with van der Waals surface area (Å²) in [6.07, 6.45) is 0. The van der Waals surface area contributed by atoms with Crippen LogP contribution in [-0.2, 0) is 20.9 Å². The van der Waals surface area contributed by atoms with Gasteiger partial charge in [0.1, 0.15) is 0 Å². The largest absolute Gasteiger partial charge is 0.351 e. The molecular formula is C17H25N5O3. The first-order chi connectivity index (χ1) is 12.1. The molecule has 0 radical (unpaired) electrons. The fourth-order valence-corrected chi connectivity index (χ4v) is 2.57. The number of hydrogen-bond donors (Lipinski definition) is 3. The third-order valence-corrected chi connectivity index (χ3v) is 4.05. The third kappa shape index (κ3) is 6.52. The zero-order valence-corrected chi connectivity index (χ0v) is 14.2. The zero-order valence-electron chi connectivity index (χ0n) is 14.2. The Morgan fingerprint density at radius 2 is 1.64 bits per heavy atom. The van der Waals surface area contributed by atoms with Gasteiger partial charge in [0.15, 0.2) is 0 Å². The molecule has 0 saturated carbocycles. The Bertz CT molecular complexity index is 585. The van der Waals surface area contributed by atoms with Gasteiger partial charge in [-0.25, -0.2) is 0 Å².